The molecule has 0 aromatic heterocycles. The van der Waals surface area contributed by atoms with Gasteiger partial charge in [0.15, 0.2) is 0 Å². The van der Waals surface area contributed by atoms with Crippen molar-refractivity contribution in [3.05, 3.63) is 70.8 Å². The Morgan fingerprint density at radius 2 is 1.67 bits per heavy atom. The quantitative estimate of drug-likeness (QED) is 0.734. The monoisotopic (exact) mass is 279 g/mol. The van der Waals surface area contributed by atoms with Crippen LogP contribution >= 0.6 is 0 Å². The summed E-state index contributed by atoms with van der Waals surface area (Å²) in [5.41, 5.74) is 6.03. The highest BCUT2D eigenvalue weighted by molar-refractivity contribution is 5.29. The molecule has 1 heterocycles. The third-order valence-electron chi connectivity index (χ3n) is 4.64. The van der Waals surface area contributed by atoms with Gasteiger partial charge in [0, 0.05) is 13.1 Å². The molecule has 0 unspecified atom stereocenters. The Labute approximate surface area is 128 Å². The van der Waals surface area contributed by atoms with Gasteiger partial charge in [0.1, 0.15) is 0 Å². The summed E-state index contributed by atoms with van der Waals surface area (Å²) in [6, 6.07) is 17.7. The van der Waals surface area contributed by atoms with Gasteiger partial charge in [0.2, 0.25) is 0 Å². The van der Waals surface area contributed by atoms with Crippen LogP contribution in [0.15, 0.2) is 48.5 Å². The molecule has 0 saturated carbocycles. The van der Waals surface area contributed by atoms with Crippen molar-refractivity contribution >= 4 is 0 Å². The summed E-state index contributed by atoms with van der Waals surface area (Å²) >= 11 is 0. The van der Waals surface area contributed by atoms with Gasteiger partial charge in [-0.25, -0.2) is 0 Å². The lowest BCUT2D eigenvalue weighted by Crippen LogP contribution is -2.31. The fraction of sp³-hybridized carbons (Fsp3) is 0.400. The molecule has 0 bridgehead atoms. The van der Waals surface area contributed by atoms with Crippen LogP contribution < -0.4 is 0 Å². The number of nitrogens with zero attached hydrogens (tertiary/aromatic N) is 1. The molecular formula is C20H25N. The summed E-state index contributed by atoms with van der Waals surface area (Å²) in [6.07, 6.45) is 5.03. The van der Waals surface area contributed by atoms with Gasteiger partial charge in [-0.2, -0.15) is 0 Å². The van der Waals surface area contributed by atoms with E-state index in [0.717, 1.165) is 6.54 Å². The first kappa shape index (κ1) is 14.3. The van der Waals surface area contributed by atoms with Gasteiger partial charge in [-0.05, 0) is 61.4 Å². The van der Waals surface area contributed by atoms with Crippen molar-refractivity contribution in [1.82, 2.24) is 4.90 Å². The molecule has 0 fully saturated rings. The van der Waals surface area contributed by atoms with Gasteiger partial charge in [0.25, 0.3) is 0 Å². The van der Waals surface area contributed by atoms with Crippen molar-refractivity contribution < 1.29 is 0 Å². The maximum Gasteiger partial charge on any atom is 0.0236 e. The van der Waals surface area contributed by atoms with E-state index in [9.17, 15) is 0 Å². The van der Waals surface area contributed by atoms with Crippen molar-refractivity contribution in [3.63, 3.8) is 0 Å². The average Bonchev–Trinajstić information content (AvgIpc) is 2.53. The van der Waals surface area contributed by atoms with E-state index in [0.29, 0.717) is 0 Å². The van der Waals surface area contributed by atoms with E-state index in [1.54, 1.807) is 5.56 Å². The van der Waals surface area contributed by atoms with E-state index in [1.807, 2.05) is 0 Å². The Morgan fingerprint density at radius 3 is 2.52 bits per heavy atom. The van der Waals surface area contributed by atoms with E-state index in [2.05, 4.69) is 60.4 Å². The minimum Gasteiger partial charge on any atom is -0.299 e. The predicted molar refractivity (Wildman–Crippen MR) is 89.5 cm³/mol. The highest BCUT2D eigenvalue weighted by Gasteiger charge is 2.14. The van der Waals surface area contributed by atoms with Gasteiger partial charge >= 0.3 is 0 Å². The first-order chi connectivity index (χ1) is 10.3. The number of hydrogen-bond donors (Lipinski definition) is 0. The lowest BCUT2D eigenvalue weighted by Gasteiger charge is -2.28. The van der Waals surface area contributed by atoms with Gasteiger partial charge in [-0.3, -0.25) is 4.90 Å². The van der Waals surface area contributed by atoms with Crippen LogP contribution in [-0.2, 0) is 19.4 Å². The average molecular weight is 279 g/mol. The largest absolute Gasteiger partial charge is 0.299 e. The van der Waals surface area contributed by atoms with Crippen LogP contribution in [0.4, 0.5) is 0 Å². The first-order valence-electron chi connectivity index (χ1n) is 8.16. The summed E-state index contributed by atoms with van der Waals surface area (Å²) in [5, 5.41) is 0. The second-order valence-corrected chi connectivity index (χ2v) is 6.18. The smallest absolute Gasteiger partial charge is 0.0236 e. The van der Waals surface area contributed by atoms with Crippen LogP contribution in [0.25, 0.3) is 0 Å². The van der Waals surface area contributed by atoms with Crippen LogP contribution in [-0.4, -0.2) is 18.0 Å². The van der Waals surface area contributed by atoms with Crippen molar-refractivity contribution in [2.75, 3.05) is 13.1 Å². The normalized spacial score (nSPS) is 14.9. The zero-order valence-corrected chi connectivity index (χ0v) is 13.0. The van der Waals surface area contributed by atoms with Crippen molar-refractivity contribution in [3.8, 4) is 0 Å². The summed E-state index contributed by atoms with van der Waals surface area (Å²) in [4.78, 5) is 2.61. The first-order valence-corrected chi connectivity index (χ1v) is 8.16. The molecule has 0 aliphatic carbocycles. The third kappa shape index (κ3) is 3.74. The molecule has 0 N–H and O–H groups in total. The zero-order chi connectivity index (χ0) is 14.5. The second kappa shape index (κ2) is 6.91. The maximum absolute atomic E-state index is 2.61. The Bertz CT molecular complexity index is 588. The van der Waals surface area contributed by atoms with Crippen molar-refractivity contribution in [2.24, 2.45) is 0 Å². The molecular weight excluding hydrogens is 254 g/mol. The van der Waals surface area contributed by atoms with Crippen LogP contribution in [0, 0.1) is 6.92 Å². The Morgan fingerprint density at radius 1 is 0.905 bits per heavy atom. The maximum atomic E-state index is 2.61. The highest BCUT2D eigenvalue weighted by Crippen LogP contribution is 2.19. The number of hydrogen-bond acceptors (Lipinski definition) is 1. The minimum atomic E-state index is 1.14. The van der Waals surface area contributed by atoms with E-state index in [-0.39, 0.29) is 0 Å². The third-order valence-corrected chi connectivity index (χ3v) is 4.64. The molecule has 2 aromatic carbocycles. The molecule has 110 valence electrons. The lowest BCUT2D eigenvalue weighted by molar-refractivity contribution is 0.249. The van der Waals surface area contributed by atoms with Crippen LogP contribution in [0.1, 0.15) is 35.1 Å². The summed E-state index contributed by atoms with van der Waals surface area (Å²) in [5.74, 6) is 0. The Hall–Kier alpha value is -1.60. The van der Waals surface area contributed by atoms with Crippen molar-refractivity contribution in [1.29, 1.82) is 0 Å². The second-order valence-electron chi connectivity index (χ2n) is 6.18. The molecule has 21 heavy (non-hydrogen) atoms. The number of unbranched alkanes of at least 4 members (excludes halogenated alkanes) is 1. The SMILES string of the molecule is Cc1ccccc1CCCCN1CCc2ccccc2C1. The van der Waals surface area contributed by atoms with Gasteiger partial charge < -0.3 is 0 Å². The van der Waals surface area contributed by atoms with E-state index >= 15 is 0 Å². The molecule has 0 spiro atoms. The molecule has 2 aromatic rings. The van der Waals surface area contributed by atoms with Gasteiger partial charge in [-0.15, -0.1) is 0 Å². The van der Waals surface area contributed by atoms with Crippen LogP contribution in [0.3, 0.4) is 0 Å². The van der Waals surface area contributed by atoms with Gasteiger partial charge in [-0.1, -0.05) is 48.5 Å². The fourth-order valence-corrected chi connectivity index (χ4v) is 3.29. The molecule has 0 amide bonds. The molecule has 1 heteroatoms. The summed E-state index contributed by atoms with van der Waals surface area (Å²) in [7, 11) is 0. The molecule has 1 aliphatic heterocycles. The standard InChI is InChI=1S/C20H25N/c1-17-8-2-3-9-18(17)10-6-7-14-21-15-13-19-11-4-5-12-20(19)16-21/h2-5,8-9,11-12H,6-7,10,13-16H2,1H3. The highest BCUT2D eigenvalue weighted by atomic mass is 15.1. The summed E-state index contributed by atoms with van der Waals surface area (Å²) in [6.45, 7) is 5.82. The zero-order valence-electron chi connectivity index (χ0n) is 13.0. The molecule has 0 radical (unpaired) electrons. The van der Waals surface area contributed by atoms with E-state index in [1.165, 1.54) is 55.5 Å². The van der Waals surface area contributed by atoms with Crippen LogP contribution in [0.5, 0.6) is 0 Å². The number of benzene rings is 2. The number of rotatable bonds is 5. The molecule has 3 rings (SSSR count). The fourth-order valence-electron chi connectivity index (χ4n) is 3.29. The summed E-state index contributed by atoms with van der Waals surface area (Å²) < 4.78 is 0. The van der Waals surface area contributed by atoms with Crippen LogP contribution in [0.2, 0.25) is 0 Å². The minimum absolute atomic E-state index is 1.14. The number of aryl methyl sites for hydroxylation is 2. The molecule has 0 saturated heterocycles. The van der Waals surface area contributed by atoms with Gasteiger partial charge in [0.05, 0.1) is 0 Å². The molecule has 1 aliphatic rings. The predicted octanol–water partition coefficient (Wildman–Crippen LogP) is 4.38. The molecule has 0 atom stereocenters. The van der Waals surface area contributed by atoms with E-state index in [4.69, 9.17) is 0 Å². The molecule has 1 nitrogen and oxygen atoms in total. The Balaban J connectivity index is 1.44. The number of fused-ring (bicyclic) bond motifs is 1. The lowest BCUT2D eigenvalue weighted by atomic mass is 9.99. The van der Waals surface area contributed by atoms with Crippen molar-refractivity contribution in [2.45, 2.75) is 39.2 Å². The van der Waals surface area contributed by atoms with E-state index < -0.39 is 0 Å². The topological polar surface area (TPSA) is 3.24 Å². The Kier molecular flexibility index (Phi) is 4.72.